The largest absolute Gasteiger partial charge is 0.493 e. The lowest BCUT2D eigenvalue weighted by Gasteiger charge is -2.12. The molecule has 1 aliphatic heterocycles. The van der Waals surface area contributed by atoms with Gasteiger partial charge in [0.05, 0.1) is 7.11 Å². The van der Waals surface area contributed by atoms with Gasteiger partial charge in [-0.25, -0.2) is 9.79 Å². The molecule has 0 atom stereocenters. The van der Waals surface area contributed by atoms with Crippen molar-refractivity contribution in [1.82, 2.24) is 0 Å². The summed E-state index contributed by atoms with van der Waals surface area (Å²) in [5.41, 5.74) is 2.76. The number of nitrogens with zero attached hydrogens (tertiary/aromatic N) is 1. The molecule has 1 heterocycles. The maximum atomic E-state index is 12.5. The second-order valence-electron chi connectivity index (χ2n) is 7.69. The first-order valence-corrected chi connectivity index (χ1v) is 11.5. The second kappa shape index (κ2) is 9.53. The van der Waals surface area contributed by atoms with Crippen LogP contribution in [0.4, 0.5) is 0 Å². The minimum atomic E-state index is -0.489. The van der Waals surface area contributed by atoms with Gasteiger partial charge in [0.15, 0.2) is 17.2 Å². The zero-order valence-electron chi connectivity index (χ0n) is 18.3. The molecule has 0 radical (unpaired) electrons. The first-order chi connectivity index (χ1) is 16.6. The van der Waals surface area contributed by atoms with Crippen LogP contribution in [0.5, 0.6) is 11.5 Å². The summed E-state index contributed by atoms with van der Waals surface area (Å²) in [5.74, 6) is 0.972. The quantitative estimate of drug-likeness (QED) is 0.217. The van der Waals surface area contributed by atoms with Crippen LogP contribution in [0.25, 0.3) is 16.8 Å². The molecule has 0 aromatic heterocycles. The van der Waals surface area contributed by atoms with E-state index in [4.69, 9.17) is 14.2 Å². The minimum Gasteiger partial charge on any atom is -0.493 e. The van der Waals surface area contributed by atoms with Gasteiger partial charge in [0.25, 0.3) is 0 Å². The molecule has 0 fully saturated rings. The number of halogens is 1. The number of carbonyl (C=O) groups excluding carboxylic acids is 1. The van der Waals surface area contributed by atoms with E-state index in [-0.39, 0.29) is 5.70 Å². The molecule has 5 nitrogen and oxygen atoms in total. The van der Waals surface area contributed by atoms with Crippen LogP contribution in [0.15, 0.2) is 100 Å². The number of aliphatic imine (C=N–C) groups is 1. The molecule has 0 N–H and O–H groups in total. The highest BCUT2D eigenvalue weighted by Crippen LogP contribution is 2.31. The van der Waals surface area contributed by atoms with Gasteiger partial charge in [-0.1, -0.05) is 70.5 Å². The Morgan fingerprint density at radius 1 is 0.912 bits per heavy atom. The van der Waals surface area contributed by atoms with E-state index >= 15 is 0 Å². The molecule has 0 saturated heterocycles. The van der Waals surface area contributed by atoms with Crippen molar-refractivity contribution in [1.29, 1.82) is 0 Å². The SMILES string of the molecule is COc1cc(/C=C2/N=C(c3ccc4ccccc4c3)OC2=O)ccc1OCc1ccccc1Br. The summed E-state index contributed by atoms with van der Waals surface area (Å²) in [5, 5.41) is 2.17. The van der Waals surface area contributed by atoms with Crippen molar-refractivity contribution in [2.24, 2.45) is 4.99 Å². The number of carbonyl (C=O) groups is 1. The Labute approximate surface area is 205 Å². The molecule has 0 unspecified atom stereocenters. The van der Waals surface area contributed by atoms with Gasteiger partial charge in [0, 0.05) is 15.6 Å². The fourth-order valence-electron chi connectivity index (χ4n) is 3.68. The molecule has 0 saturated carbocycles. The predicted octanol–water partition coefficient (Wildman–Crippen LogP) is 6.53. The van der Waals surface area contributed by atoms with Crippen LogP contribution in [0.2, 0.25) is 0 Å². The van der Waals surface area contributed by atoms with Crippen molar-refractivity contribution in [2.75, 3.05) is 7.11 Å². The molecule has 168 valence electrons. The number of ether oxygens (including phenoxy) is 3. The predicted molar refractivity (Wildman–Crippen MR) is 136 cm³/mol. The Morgan fingerprint density at radius 3 is 2.53 bits per heavy atom. The summed E-state index contributed by atoms with van der Waals surface area (Å²) in [7, 11) is 1.58. The minimum absolute atomic E-state index is 0.229. The number of hydrogen-bond acceptors (Lipinski definition) is 5. The van der Waals surface area contributed by atoms with Gasteiger partial charge in [0.1, 0.15) is 6.61 Å². The van der Waals surface area contributed by atoms with Crippen molar-refractivity contribution in [3.05, 3.63) is 112 Å². The van der Waals surface area contributed by atoms with E-state index < -0.39 is 5.97 Å². The lowest BCUT2D eigenvalue weighted by molar-refractivity contribution is -0.129. The zero-order valence-corrected chi connectivity index (χ0v) is 19.9. The van der Waals surface area contributed by atoms with E-state index in [9.17, 15) is 4.79 Å². The monoisotopic (exact) mass is 513 g/mol. The molecule has 4 aromatic rings. The standard InChI is InChI=1S/C28H20BrNO4/c1-32-26-15-18(10-13-25(26)33-17-22-8-4-5-9-23(22)29)14-24-28(31)34-27(30-24)21-12-11-19-6-2-3-7-20(19)16-21/h2-16H,17H2,1H3/b24-14+. The van der Waals surface area contributed by atoms with Crippen LogP contribution < -0.4 is 9.47 Å². The Bertz CT molecular complexity index is 1460. The van der Waals surface area contributed by atoms with Crippen molar-refractivity contribution >= 4 is 44.6 Å². The molecular formula is C28H20BrNO4. The maximum absolute atomic E-state index is 12.5. The Kier molecular flexibility index (Phi) is 6.14. The molecule has 0 aliphatic carbocycles. The third-order valence-corrected chi connectivity index (χ3v) is 6.22. The van der Waals surface area contributed by atoms with E-state index in [0.717, 1.165) is 31.9 Å². The summed E-state index contributed by atoms with van der Waals surface area (Å²) < 4.78 is 17.9. The third kappa shape index (κ3) is 4.58. The lowest BCUT2D eigenvalue weighted by atomic mass is 10.1. The summed E-state index contributed by atoms with van der Waals surface area (Å²) in [6, 6.07) is 27.2. The van der Waals surface area contributed by atoms with Crippen LogP contribution in [0.1, 0.15) is 16.7 Å². The van der Waals surface area contributed by atoms with Gasteiger partial charge < -0.3 is 14.2 Å². The van der Waals surface area contributed by atoms with Crippen molar-refractivity contribution in [3.63, 3.8) is 0 Å². The molecule has 0 spiro atoms. The fraction of sp³-hybridized carbons (Fsp3) is 0.0714. The highest BCUT2D eigenvalue weighted by Gasteiger charge is 2.24. The Balaban J connectivity index is 1.38. The number of hydrogen-bond donors (Lipinski definition) is 0. The number of benzene rings is 4. The van der Waals surface area contributed by atoms with Crippen LogP contribution in [-0.4, -0.2) is 19.0 Å². The summed E-state index contributed by atoms with van der Waals surface area (Å²) in [6.07, 6.45) is 1.68. The highest BCUT2D eigenvalue weighted by molar-refractivity contribution is 9.10. The first kappa shape index (κ1) is 21.9. The van der Waals surface area contributed by atoms with Crippen molar-refractivity contribution in [2.45, 2.75) is 6.61 Å². The Morgan fingerprint density at radius 2 is 1.71 bits per heavy atom. The fourth-order valence-corrected chi connectivity index (χ4v) is 4.08. The van der Waals surface area contributed by atoms with Gasteiger partial charge in [-0.2, -0.15) is 0 Å². The molecule has 0 bridgehead atoms. The van der Waals surface area contributed by atoms with E-state index in [1.807, 2.05) is 78.9 Å². The summed E-state index contributed by atoms with van der Waals surface area (Å²) >= 11 is 3.53. The molecule has 34 heavy (non-hydrogen) atoms. The zero-order chi connectivity index (χ0) is 23.5. The van der Waals surface area contributed by atoms with Crippen LogP contribution in [0, 0.1) is 0 Å². The number of fused-ring (bicyclic) bond motifs is 1. The number of methoxy groups -OCH3 is 1. The van der Waals surface area contributed by atoms with E-state index in [0.29, 0.717) is 24.0 Å². The average Bonchev–Trinajstić information content (AvgIpc) is 3.23. The van der Waals surface area contributed by atoms with Crippen molar-refractivity contribution < 1.29 is 19.0 Å². The molecule has 4 aromatic carbocycles. The smallest absolute Gasteiger partial charge is 0.363 e. The summed E-state index contributed by atoms with van der Waals surface area (Å²) in [6.45, 7) is 0.393. The van der Waals surface area contributed by atoms with Gasteiger partial charge in [0.2, 0.25) is 5.90 Å². The number of esters is 1. The molecular weight excluding hydrogens is 494 g/mol. The normalized spacial score (nSPS) is 14.2. The van der Waals surface area contributed by atoms with E-state index in [1.54, 1.807) is 19.3 Å². The topological polar surface area (TPSA) is 57.1 Å². The van der Waals surface area contributed by atoms with Gasteiger partial charge in [-0.05, 0) is 52.7 Å². The summed E-state index contributed by atoms with van der Waals surface area (Å²) in [4.78, 5) is 16.9. The van der Waals surface area contributed by atoms with Crippen LogP contribution in [-0.2, 0) is 16.1 Å². The number of rotatable bonds is 6. The number of cyclic esters (lactones) is 1. The van der Waals surface area contributed by atoms with E-state index in [2.05, 4.69) is 20.9 Å². The first-order valence-electron chi connectivity index (χ1n) is 10.7. The van der Waals surface area contributed by atoms with Gasteiger partial charge >= 0.3 is 5.97 Å². The van der Waals surface area contributed by atoms with Gasteiger partial charge in [-0.15, -0.1) is 0 Å². The maximum Gasteiger partial charge on any atom is 0.363 e. The van der Waals surface area contributed by atoms with Gasteiger partial charge in [-0.3, -0.25) is 0 Å². The third-order valence-electron chi connectivity index (χ3n) is 5.45. The second-order valence-corrected chi connectivity index (χ2v) is 8.54. The lowest BCUT2D eigenvalue weighted by Crippen LogP contribution is -2.05. The highest BCUT2D eigenvalue weighted by atomic mass is 79.9. The van der Waals surface area contributed by atoms with E-state index in [1.165, 1.54) is 0 Å². The van der Waals surface area contributed by atoms with Crippen molar-refractivity contribution in [3.8, 4) is 11.5 Å². The van der Waals surface area contributed by atoms with Crippen LogP contribution >= 0.6 is 15.9 Å². The Hall–Kier alpha value is -3.90. The average molecular weight is 514 g/mol. The molecule has 0 amide bonds. The molecule has 1 aliphatic rings. The molecule has 5 rings (SSSR count). The van der Waals surface area contributed by atoms with Crippen LogP contribution in [0.3, 0.4) is 0 Å². The molecule has 6 heteroatoms.